The summed E-state index contributed by atoms with van der Waals surface area (Å²) >= 11 is 1.51. The van der Waals surface area contributed by atoms with Gasteiger partial charge in [-0.3, -0.25) is 4.79 Å². The van der Waals surface area contributed by atoms with E-state index in [0.29, 0.717) is 5.69 Å². The summed E-state index contributed by atoms with van der Waals surface area (Å²) in [5.74, 6) is -0.637. The van der Waals surface area contributed by atoms with Crippen molar-refractivity contribution < 1.29 is 22.7 Å². The summed E-state index contributed by atoms with van der Waals surface area (Å²) in [5.41, 5.74) is 2.32. The zero-order valence-corrected chi connectivity index (χ0v) is 12.4. The van der Waals surface area contributed by atoms with Crippen LogP contribution in [0.3, 0.4) is 0 Å². The number of hydrogen-bond acceptors (Lipinski definition) is 4. The number of anilines is 1. The highest BCUT2D eigenvalue weighted by atomic mass is 32.1. The molecule has 8 heteroatoms. The van der Waals surface area contributed by atoms with Gasteiger partial charge in [0.15, 0.2) is 0 Å². The second kappa shape index (κ2) is 6.89. The van der Waals surface area contributed by atoms with Crippen LogP contribution >= 0.6 is 11.3 Å². The summed E-state index contributed by atoms with van der Waals surface area (Å²) in [6, 6.07) is 6.89. The quantitative estimate of drug-likeness (QED) is 0.911. The van der Waals surface area contributed by atoms with Crippen LogP contribution in [0.5, 0.6) is 0 Å². The van der Waals surface area contributed by atoms with Gasteiger partial charge in [-0.1, -0.05) is 0 Å². The van der Waals surface area contributed by atoms with Gasteiger partial charge < -0.3 is 10.1 Å². The van der Waals surface area contributed by atoms with Crippen LogP contribution in [0.2, 0.25) is 0 Å². The number of hydrogen-bond donors (Lipinski definition) is 1. The van der Waals surface area contributed by atoms with Crippen LogP contribution in [0, 0.1) is 6.92 Å². The largest absolute Gasteiger partial charge is 0.411 e. The molecular formula is C14H13F3N2O2S. The lowest BCUT2D eigenvalue weighted by atomic mass is 10.2. The number of ether oxygens (including phenoxy) is 1. The first-order valence-corrected chi connectivity index (χ1v) is 7.18. The van der Waals surface area contributed by atoms with Crippen LogP contribution in [-0.2, 0) is 9.53 Å². The van der Waals surface area contributed by atoms with Gasteiger partial charge in [0, 0.05) is 22.3 Å². The molecule has 2 rings (SSSR count). The first-order valence-electron chi connectivity index (χ1n) is 6.30. The van der Waals surface area contributed by atoms with Crippen LogP contribution in [-0.4, -0.2) is 30.3 Å². The van der Waals surface area contributed by atoms with Crippen molar-refractivity contribution in [2.75, 3.05) is 18.5 Å². The molecule has 1 amide bonds. The van der Waals surface area contributed by atoms with E-state index in [-0.39, 0.29) is 0 Å². The molecule has 0 saturated carbocycles. The third-order valence-corrected chi connectivity index (χ3v) is 3.54. The molecule has 1 aromatic heterocycles. The van der Waals surface area contributed by atoms with Gasteiger partial charge in [0.1, 0.15) is 18.2 Å². The van der Waals surface area contributed by atoms with E-state index in [1.165, 1.54) is 11.3 Å². The first-order chi connectivity index (χ1) is 10.3. The van der Waals surface area contributed by atoms with Gasteiger partial charge in [0.05, 0.1) is 0 Å². The molecule has 0 aliphatic carbocycles. The summed E-state index contributed by atoms with van der Waals surface area (Å²) in [6.07, 6.45) is -4.44. The second-order valence-corrected chi connectivity index (χ2v) is 5.39. The molecule has 1 heterocycles. The molecule has 1 N–H and O–H groups in total. The van der Waals surface area contributed by atoms with Crippen molar-refractivity contribution in [3.05, 3.63) is 35.3 Å². The topological polar surface area (TPSA) is 51.2 Å². The molecule has 0 aliphatic heterocycles. The van der Waals surface area contributed by atoms with E-state index in [0.717, 1.165) is 16.3 Å². The van der Waals surface area contributed by atoms with Crippen LogP contribution in [0.15, 0.2) is 29.6 Å². The summed E-state index contributed by atoms with van der Waals surface area (Å²) in [7, 11) is 0. The fourth-order valence-electron chi connectivity index (χ4n) is 1.64. The Labute approximate surface area is 128 Å². The van der Waals surface area contributed by atoms with E-state index in [9.17, 15) is 18.0 Å². The zero-order valence-electron chi connectivity index (χ0n) is 11.6. The number of carbonyl (C=O) groups is 1. The maximum atomic E-state index is 11.9. The van der Waals surface area contributed by atoms with Gasteiger partial charge >= 0.3 is 6.18 Å². The fraction of sp³-hybridized carbons (Fsp3) is 0.286. The molecule has 0 atom stereocenters. The molecule has 0 aliphatic rings. The number of amides is 1. The number of halogens is 3. The standard InChI is InChI=1S/C14H13F3N2O2S/c1-9-7-22-13(18-9)10-2-4-11(5-3-10)19-12(20)6-21-8-14(15,16)17/h2-5,7H,6,8H2,1H3,(H,19,20). The van der Waals surface area contributed by atoms with Crippen LogP contribution in [0.1, 0.15) is 5.69 Å². The first kappa shape index (κ1) is 16.4. The van der Waals surface area contributed by atoms with Crippen LogP contribution < -0.4 is 5.32 Å². The van der Waals surface area contributed by atoms with Crippen LogP contribution in [0.25, 0.3) is 10.6 Å². The summed E-state index contributed by atoms with van der Waals surface area (Å²) in [6.45, 7) is -0.189. The van der Waals surface area contributed by atoms with Crippen molar-refractivity contribution in [1.82, 2.24) is 4.98 Å². The fourth-order valence-corrected chi connectivity index (χ4v) is 2.44. The van der Waals surface area contributed by atoms with E-state index in [1.54, 1.807) is 24.3 Å². The minimum absolute atomic E-state index is 0.484. The number of alkyl halides is 3. The molecule has 4 nitrogen and oxygen atoms in total. The molecule has 2 aromatic rings. The number of carbonyl (C=O) groups excluding carboxylic acids is 1. The number of nitrogens with zero attached hydrogens (tertiary/aromatic N) is 1. The monoisotopic (exact) mass is 330 g/mol. The molecule has 0 unspecified atom stereocenters. The predicted octanol–water partition coefficient (Wildman–Crippen LogP) is 3.64. The maximum Gasteiger partial charge on any atom is 0.411 e. The summed E-state index contributed by atoms with van der Waals surface area (Å²) < 4.78 is 39.9. The lowest BCUT2D eigenvalue weighted by Gasteiger charge is -2.08. The average molecular weight is 330 g/mol. The highest BCUT2D eigenvalue weighted by Gasteiger charge is 2.27. The number of nitrogens with one attached hydrogen (secondary N) is 1. The average Bonchev–Trinajstić information content (AvgIpc) is 2.85. The van der Waals surface area contributed by atoms with Crippen molar-refractivity contribution in [2.45, 2.75) is 13.1 Å². The minimum atomic E-state index is -4.44. The van der Waals surface area contributed by atoms with E-state index in [2.05, 4.69) is 15.0 Å². The zero-order chi connectivity index (χ0) is 16.2. The smallest absolute Gasteiger partial charge is 0.362 e. The van der Waals surface area contributed by atoms with E-state index >= 15 is 0 Å². The second-order valence-electron chi connectivity index (χ2n) is 4.53. The highest BCUT2D eigenvalue weighted by molar-refractivity contribution is 7.13. The highest BCUT2D eigenvalue weighted by Crippen LogP contribution is 2.24. The number of rotatable bonds is 5. The SMILES string of the molecule is Cc1csc(-c2ccc(NC(=O)COCC(F)(F)F)cc2)n1. The van der Waals surface area contributed by atoms with Crippen molar-refractivity contribution in [3.63, 3.8) is 0 Å². The molecule has 0 bridgehead atoms. The van der Waals surface area contributed by atoms with Gasteiger partial charge in [-0.25, -0.2) is 4.98 Å². The molecular weight excluding hydrogens is 317 g/mol. The lowest BCUT2D eigenvalue weighted by molar-refractivity contribution is -0.174. The van der Waals surface area contributed by atoms with Gasteiger partial charge in [-0.05, 0) is 31.2 Å². The van der Waals surface area contributed by atoms with Crippen LogP contribution in [0.4, 0.5) is 18.9 Å². The Balaban J connectivity index is 1.87. The third kappa shape index (κ3) is 5.12. The van der Waals surface area contributed by atoms with E-state index in [4.69, 9.17) is 0 Å². The Morgan fingerprint density at radius 1 is 1.32 bits per heavy atom. The number of thiazole rings is 1. The number of benzene rings is 1. The van der Waals surface area contributed by atoms with Gasteiger partial charge in [-0.15, -0.1) is 11.3 Å². The Morgan fingerprint density at radius 2 is 2.00 bits per heavy atom. The molecule has 118 valence electrons. The van der Waals surface area contributed by atoms with Gasteiger partial charge in [-0.2, -0.15) is 13.2 Å². The number of aryl methyl sites for hydroxylation is 1. The lowest BCUT2D eigenvalue weighted by Crippen LogP contribution is -2.23. The van der Waals surface area contributed by atoms with Crippen molar-refractivity contribution in [3.8, 4) is 10.6 Å². The van der Waals surface area contributed by atoms with Gasteiger partial charge in [0.25, 0.3) is 0 Å². The summed E-state index contributed by atoms with van der Waals surface area (Å²) in [5, 5.41) is 5.26. The Morgan fingerprint density at radius 3 is 2.55 bits per heavy atom. The van der Waals surface area contributed by atoms with E-state index in [1.807, 2.05) is 12.3 Å². The predicted molar refractivity (Wildman–Crippen MR) is 77.8 cm³/mol. The third-order valence-electron chi connectivity index (χ3n) is 2.53. The van der Waals surface area contributed by atoms with E-state index < -0.39 is 25.3 Å². The number of aromatic nitrogens is 1. The Hall–Kier alpha value is -1.93. The Bertz CT molecular complexity index is 638. The molecule has 1 aromatic carbocycles. The van der Waals surface area contributed by atoms with Crippen molar-refractivity contribution in [1.29, 1.82) is 0 Å². The van der Waals surface area contributed by atoms with Gasteiger partial charge in [0.2, 0.25) is 5.91 Å². The van der Waals surface area contributed by atoms with Crippen molar-refractivity contribution in [2.24, 2.45) is 0 Å². The maximum absolute atomic E-state index is 11.9. The molecule has 0 spiro atoms. The molecule has 22 heavy (non-hydrogen) atoms. The molecule has 0 fully saturated rings. The summed E-state index contributed by atoms with van der Waals surface area (Å²) in [4.78, 5) is 15.8. The molecule has 0 saturated heterocycles. The molecule has 0 radical (unpaired) electrons. The van der Waals surface area contributed by atoms with Crippen molar-refractivity contribution >= 4 is 22.9 Å². The Kier molecular flexibility index (Phi) is 5.15. The normalized spacial score (nSPS) is 11.5. The minimum Gasteiger partial charge on any atom is -0.362 e.